The molecule has 0 N–H and O–H groups in total. The van der Waals surface area contributed by atoms with Crippen LogP contribution in [0.1, 0.15) is 84.5 Å². The van der Waals surface area contributed by atoms with Crippen molar-refractivity contribution in [3.63, 3.8) is 0 Å². The van der Waals surface area contributed by atoms with Crippen LogP contribution in [0.15, 0.2) is 17.1 Å². The minimum absolute atomic E-state index is 0.129. The number of nitrogens with zero attached hydrogens (tertiary/aromatic N) is 2. The first-order valence-corrected chi connectivity index (χ1v) is 11.5. The van der Waals surface area contributed by atoms with E-state index in [1.54, 1.807) is 0 Å². The van der Waals surface area contributed by atoms with Gasteiger partial charge in [0.25, 0.3) is 0 Å². The third-order valence-electron chi connectivity index (χ3n) is 5.55. The van der Waals surface area contributed by atoms with Crippen LogP contribution in [0.4, 0.5) is 0 Å². The highest BCUT2D eigenvalue weighted by molar-refractivity contribution is 5.78. The van der Waals surface area contributed by atoms with Gasteiger partial charge in [0, 0.05) is 26.1 Å². The maximum Gasteiger partial charge on any atom is 0.184 e. The zero-order valence-electron chi connectivity index (χ0n) is 17.8. The first-order valence-electron chi connectivity index (χ1n) is 11.5. The number of hydrogen-bond acceptors (Lipinski definition) is 4. The Morgan fingerprint density at radius 2 is 1.67 bits per heavy atom. The number of rotatable bonds is 14. The molecule has 0 radical (unpaired) electrons. The molecule has 2 aliphatic rings. The monoisotopic (exact) mass is 378 g/mol. The molecule has 156 valence electrons. The number of unbranched alkanes of at least 4 members (excludes halogenated alkanes) is 8. The van der Waals surface area contributed by atoms with Gasteiger partial charge in [0.15, 0.2) is 5.90 Å². The molecule has 1 fully saturated rings. The SMILES string of the molecule is CCCC/C=C/[C@H]1OC(CCCCCCCCC)=N[C@@H]1CN1CCOCC1. The lowest BCUT2D eigenvalue weighted by Crippen LogP contribution is -2.42. The van der Waals surface area contributed by atoms with Crippen molar-refractivity contribution in [2.24, 2.45) is 4.99 Å². The van der Waals surface area contributed by atoms with Crippen LogP contribution in [-0.2, 0) is 9.47 Å². The number of hydrogen-bond donors (Lipinski definition) is 0. The van der Waals surface area contributed by atoms with E-state index >= 15 is 0 Å². The van der Waals surface area contributed by atoms with E-state index in [1.807, 2.05) is 0 Å². The molecule has 0 amide bonds. The zero-order valence-corrected chi connectivity index (χ0v) is 17.8. The number of ether oxygens (including phenoxy) is 2. The summed E-state index contributed by atoms with van der Waals surface area (Å²) in [5.74, 6) is 0.993. The molecule has 0 bridgehead atoms. The second-order valence-electron chi connectivity index (χ2n) is 8.03. The molecule has 4 nitrogen and oxygen atoms in total. The van der Waals surface area contributed by atoms with Crippen molar-refractivity contribution in [1.82, 2.24) is 4.90 Å². The minimum atomic E-state index is 0.129. The van der Waals surface area contributed by atoms with Crippen LogP contribution in [0, 0.1) is 0 Å². The van der Waals surface area contributed by atoms with Crippen molar-refractivity contribution < 1.29 is 9.47 Å². The normalized spacial score (nSPS) is 23.7. The fraction of sp³-hybridized carbons (Fsp3) is 0.870. The van der Waals surface area contributed by atoms with Gasteiger partial charge in [-0.05, 0) is 18.9 Å². The Morgan fingerprint density at radius 1 is 0.963 bits per heavy atom. The highest BCUT2D eigenvalue weighted by atomic mass is 16.5. The summed E-state index contributed by atoms with van der Waals surface area (Å²) in [5.41, 5.74) is 0. The summed E-state index contributed by atoms with van der Waals surface area (Å²) in [4.78, 5) is 7.45. The molecule has 0 saturated carbocycles. The molecule has 0 aromatic heterocycles. The molecule has 0 spiro atoms. The Labute approximate surface area is 167 Å². The fourth-order valence-electron chi connectivity index (χ4n) is 3.79. The van der Waals surface area contributed by atoms with Crippen molar-refractivity contribution in [3.05, 3.63) is 12.2 Å². The van der Waals surface area contributed by atoms with Crippen LogP contribution >= 0.6 is 0 Å². The van der Waals surface area contributed by atoms with E-state index in [9.17, 15) is 0 Å². The summed E-state index contributed by atoms with van der Waals surface area (Å²) < 4.78 is 11.7. The second kappa shape index (κ2) is 14.2. The first-order chi connectivity index (χ1) is 13.3. The lowest BCUT2D eigenvalue weighted by Gasteiger charge is -2.29. The van der Waals surface area contributed by atoms with Crippen LogP contribution in [0.25, 0.3) is 0 Å². The molecule has 4 heteroatoms. The maximum atomic E-state index is 6.25. The lowest BCUT2D eigenvalue weighted by molar-refractivity contribution is 0.0321. The number of allylic oxidation sites excluding steroid dienone is 1. The van der Waals surface area contributed by atoms with Gasteiger partial charge < -0.3 is 9.47 Å². The predicted molar refractivity (Wildman–Crippen MR) is 115 cm³/mol. The molecular formula is C23H42N2O2. The van der Waals surface area contributed by atoms with Gasteiger partial charge in [-0.2, -0.15) is 0 Å². The van der Waals surface area contributed by atoms with E-state index < -0.39 is 0 Å². The standard InChI is InChI=1S/C23H42N2O2/c1-3-5-7-9-10-11-13-15-23-24-21(20-25-16-18-26-19-17-25)22(27-23)14-12-8-6-4-2/h12,14,21-22H,3-11,13,15-20H2,1-2H3/b14-12+/t21-,22-/m1/s1. The second-order valence-corrected chi connectivity index (χ2v) is 8.03. The first kappa shape index (κ1) is 22.4. The molecule has 0 aromatic rings. The van der Waals surface area contributed by atoms with Crippen LogP contribution in [0.5, 0.6) is 0 Å². The molecule has 0 unspecified atom stereocenters. The minimum Gasteiger partial charge on any atom is -0.471 e. The van der Waals surface area contributed by atoms with Crippen molar-refractivity contribution >= 4 is 5.90 Å². The van der Waals surface area contributed by atoms with Gasteiger partial charge >= 0.3 is 0 Å². The quantitative estimate of drug-likeness (QED) is 0.301. The molecule has 2 heterocycles. The third-order valence-corrected chi connectivity index (χ3v) is 5.55. The molecule has 0 aliphatic carbocycles. The smallest absolute Gasteiger partial charge is 0.184 e. The van der Waals surface area contributed by atoms with Crippen molar-refractivity contribution in [2.45, 2.75) is 96.6 Å². The Kier molecular flexibility index (Phi) is 11.8. The molecule has 2 rings (SSSR count). The van der Waals surface area contributed by atoms with Crippen LogP contribution < -0.4 is 0 Å². The van der Waals surface area contributed by atoms with E-state index in [1.165, 1.54) is 57.8 Å². The van der Waals surface area contributed by atoms with Gasteiger partial charge in [-0.1, -0.05) is 71.3 Å². The zero-order chi connectivity index (χ0) is 19.2. The Balaban J connectivity index is 1.75. The maximum absolute atomic E-state index is 6.25. The summed E-state index contributed by atoms with van der Waals surface area (Å²) in [6.07, 6.45) is 18.7. The summed E-state index contributed by atoms with van der Waals surface area (Å²) in [6.45, 7) is 9.24. The van der Waals surface area contributed by atoms with Gasteiger partial charge in [-0.15, -0.1) is 0 Å². The molecule has 0 aromatic carbocycles. The van der Waals surface area contributed by atoms with E-state index in [0.717, 1.165) is 51.6 Å². The fourth-order valence-corrected chi connectivity index (χ4v) is 3.79. The Bertz CT molecular complexity index is 430. The molecule has 27 heavy (non-hydrogen) atoms. The van der Waals surface area contributed by atoms with E-state index in [2.05, 4.69) is 30.9 Å². The average molecular weight is 379 g/mol. The average Bonchev–Trinajstić information content (AvgIpc) is 3.07. The highest BCUT2D eigenvalue weighted by Crippen LogP contribution is 2.21. The molecule has 1 saturated heterocycles. The largest absolute Gasteiger partial charge is 0.471 e. The topological polar surface area (TPSA) is 34.1 Å². The summed E-state index contributed by atoms with van der Waals surface area (Å²) in [6, 6.07) is 0.250. The van der Waals surface area contributed by atoms with Gasteiger partial charge in [0.2, 0.25) is 0 Å². The molecule has 2 aliphatic heterocycles. The van der Waals surface area contributed by atoms with E-state index in [0.29, 0.717) is 0 Å². The van der Waals surface area contributed by atoms with E-state index in [4.69, 9.17) is 14.5 Å². The van der Waals surface area contributed by atoms with Gasteiger partial charge in [-0.25, -0.2) is 4.99 Å². The molecular weight excluding hydrogens is 336 g/mol. The van der Waals surface area contributed by atoms with Gasteiger partial charge in [-0.3, -0.25) is 4.90 Å². The van der Waals surface area contributed by atoms with Crippen molar-refractivity contribution in [3.8, 4) is 0 Å². The molecule has 2 atom stereocenters. The highest BCUT2D eigenvalue weighted by Gasteiger charge is 2.30. The van der Waals surface area contributed by atoms with E-state index in [-0.39, 0.29) is 12.1 Å². The number of morpholine rings is 1. The third kappa shape index (κ3) is 9.25. The summed E-state index contributed by atoms with van der Waals surface area (Å²) in [5, 5.41) is 0. The number of aliphatic imine (C=N–C) groups is 1. The predicted octanol–water partition coefficient (Wildman–Crippen LogP) is 5.37. The summed E-state index contributed by atoms with van der Waals surface area (Å²) >= 11 is 0. The Morgan fingerprint density at radius 3 is 2.41 bits per heavy atom. The Hall–Kier alpha value is -0.870. The van der Waals surface area contributed by atoms with Crippen LogP contribution in [-0.4, -0.2) is 55.8 Å². The van der Waals surface area contributed by atoms with Crippen LogP contribution in [0.2, 0.25) is 0 Å². The van der Waals surface area contributed by atoms with Crippen molar-refractivity contribution in [1.29, 1.82) is 0 Å². The van der Waals surface area contributed by atoms with Gasteiger partial charge in [0.05, 0.1) is 13.2 Å². The van der Waals surface area contributed by atoms with Gasteiger partial charge in [0.1, 0.15) is 12.1 Å². The summed E-state index contributed by atoms with van der Waals surface area (Å²) in [7, 11) is 0. The van der Waals surface area contributed by atoms with Crippen LogP contribution in [0.3, 0.4) is 0 Å². The van der Waals surface area contributed by atoms with Crippen molar-refractivity contribution in [2.75, 3.05) is 32.8 Å². The lowest BCUT2D eigenvalue weighted by atomic mass is 10.1.